The molecule has 0 saturated heterocycles. The Bertz CT molecular complexity index is 907. The molecular formula is C20H12Cl2N2O2. The number of nitrogens with zero attached hydrogens (tertiary/aromatic N) is 2. The van der Waals surface area contributed by atoms with Crippen LogP contribution in [0.1, 0.15) is 20.7 Å². The Labute approximate surface area is 160 Å². The predicted octanol–water partition coefficient (Wildman–Crippen LogP) is 4.98. The summed E-state index contributed by atoms with van der Waals surface area (Å²) in [6, 6.07) is 13.4. The molecule has 2 amide bonds. The van der Waals surface area contributed by atoms with E-state index in [1.807, 2.05) is 0 Å². The fourth-order valence-corrected chi connectivity index (χ4v) is 2.66. The summed E-state index contributed by atoms with van der Waals surface area (Å²) in [5.41, 5.74) is 1.55. The van der Waals surface area contributed by atoms with Crippen LogP contribution < -0.4 is 0 Å². The summed E-state index contributed by atoms with van der Waals surface area (Å²) in [6.45, 7) is 0. The van der Waals surface area contributed by atoms with Gasteiger partial charge in [0.2, 0.25) is 0 Å². The van der Waals surface area contributed by atoms with E-state index in [4.69, 9.17) is 23.2 Å². The largest absolute Gasteiger partial charge is 0.279 e. The third kappa shape index (κ3) is 4.23. The number of carbonyl (C=O) groups excluding carboxylic acids is 2. The number of hydrogen-bond donors (Lipinski definition) is 0. The topological polar surface area (TPSA) is 58.9 Å². The summed E-state index contributed by atoms with van der Waals surface area (Å²) in [5, 5.41) is 0.691. The second-order valence-corrected chi connectivity index (χ2v) is 6.12. The number of carbonyl (C=O) groups is 2. The highest BCUT2D eigenvalue weighted by Crippen LogP contribution is 2.17. The summed E-state index contributed by atoms with van der Waals surface area (Å²) in [7, 11) is 0. The Morgan fingerprint density at radius 2 is 0.962 bits per heavy atom. The highest BCUT2D eigenvalue weighted by Gasteiger charge is 2.11. The molecule has 2 aromatic rings. The zero-order chi connectivity index (χ0) is 18.5. The van der Waals surface area contributed by atoms with E-state index in [1.165, 1.54) is 0 Å². The molecule has 0 radical (unpaired) electrons. The van der Waals surface area contributed by atoms with Crippen LogP contribution in [0.15, 0.2) is 82.8 Å². The smallest absolute Gasteiger partial charge is 0.267 e. The van der Waals surface area contributed by atoms with E-state index in [2.05, 4.69) is 9.98 Å². The first-order valence-corrected chi connectivity index (χ1v) is 8.41. The van der Waals surface area contributed by atoms with E-state index in [-0.39, 0.29) is 0 Å². The molecule has 26 heavy (non-hydrogen) atoms. The maximum absolute atomic E-state index is 12.2. The van der Waals surface area contributed by atoms with Gasteiger partial charge in [0.15, 0.2) is 0 Å². The quantitative estimate of drug-likeness (QED) is 0.687. The van der Waals surface area contributed by atoms with Crippen LogP contribution in [-0.2, 0) is 0 Å². The van der Waals surface area contributed by atoms with Crippen LogP contribution in [0, 0.1) is 0 Å². The van der Waals surface area contributed by atoms with Crippen LogP contribution in [0.3, 0.4) is 0 Å². The summed E-state index contributed by atoms with van der Waals surface area (Å²) in [6.07, 6.45) is 6.42. The van der Waals surface area contributed by atoms with Crippen molar-refractivity contribution >= 4 is 46.4 Å². The van der Waals surface area contributed by atoms with Crippen LogP contribution in [0.25, 0.3) is 0 Å². The van der Waals surface area contributed by atoms with Crippen molar-refractivity contribution in [2.45, 2.75) is 0 Å². The van der Waals surface area contributed by atoms with Gasteiger partial charge < -0.3 is 0 Å². The molecule has 0 aliphatic heterocycles. The fraction of sp³-hybridized carbons (Fsp3) is 0. The zero-order valence-corrected chi connectivity index (χ0v) is 14.9. The third-order valence-corrected chi connectivity index (χ3v) is 4.18. The maximum Gasteiger partial charge on any atom is 0.279 e. The van der Waals surface area contributed by atoms with E-state index in [0.29, 0.717) is 32.6 Å². The fourth-order valence-electron chi connectivity index (χ4n) is 2.23. The van der Waals surface area contributed by atoms with Gasteiger partial charge in [-0.1, -0.05) is 47.5 Å². The first kappa shape index (κ1) is 18.0. The summed E-state index contributed by atoms with van der Waals surface area (Å²) >= 11 is 12.0. The SMILES string of the molecule is O=C(N=C1C=CC(=NC(=O)c2ccccc2Cl)C=C1)c1ccccc1Cl. The van der Waals surface area contributed by atoms with Crippen LogP contribution >= 0.6 is 23.2 Å². The van der Waals surface area contributed by atoms with E-state index >= 15 is 0 Å². The van der Waals surface area contributed by atoms with Gasteiger partial charge in [-0.05, 0) is 48.6 Å². The molecule has 2 aromatic carbocycles. The molecule has 0 atom stereocenters. The Morgan fingerprint density at radius 3 is 1.31 bits per heavy atom. The normalized spacial score (nSPS) is 12.8. The average molecular weight is 383 g/mol. The zero-order valence-electron chi connectivity index (χ0n) is 13.4. The molecule has 0 N–H and O–H groups in total. The Balaban J connectivity index is 1.75. The molecule has 0 saturated carbocycles. The van der Waals surface area contributed by atoms with Crippen molar-refractivity contribution < 1.29 is 9.59 Å². The minimum atomic E-state index is -0.438. The predicted molar refractivity (Wildman–Crippen MR) is 105 cm³/mol. The highest BCUT2D eigenvalue weighted by atomic mass is 35.5. The number of allylic oxidation sites excluding steroid dienone is 4. The molecule has 0 fully saturated rings. The molecule has 1 aliphatic carbocycles. The molecular weight excluding hydrogens is 371 g/mol. The molecule has 4 nitrogen and oxygen atoms in total. The monoisotopic (exact) mass is 382 g/mol. The van der Waals surface area contributed by atoms with Crippen LogP contribution in [0.5, 0.6) is 0 Å². The van der Waals surface area contributed by atoms with Crippen LogP contribution in [0.2, 0.25) is 10.0 Å². The summed E-state index contributed by atoms with van der Waals surface area (Å²) < 4.78 is 0. The van der Waals surface area contributed by atoms with Crippen molar-refractivity contribution in [2.24, 2.45) is 9.98 Å². The standard InChI is InChI=1S/C20H12Cl2N2O2/c21-17-7-3-1-5-15(17)19(25)23-13-9-11-14(12-10-13)24-20(26)16-6-2-4-8-18(16)22/h1-12H. The molecule has 0 bridgehead atoms. The molecule has 6 heteroatoms. The lowest BCUT2D eigenvalue weighted by atomic mass is 10.1. The van der Waals surface area contributed by atoms with Gasteiger partial charge in [0.25, 0.3) is 11.8 Å². The molecule has 0 aromatic heterocycles. The first-order valence-electron chi connectivity index (χ1n) is 7.66. The van der Waals surface area contributed by atoms with Gasteiger partial charge >= 0.3 is 0 Å². The highest BCUT2D eigenvalue weighted by molar-refractivity contribution is 6.35. The van der Waals surface area contributed by atoms with E-state index in [1.54, 1.807) is 72.8 Å². The molecule has 128 valence electrons. The lowest BCUT2D eigenvalue weighted by Gasteiger charge is -2.04. The number of benzene rings is 2. The average Bonchev–Trinajstić information content (AvgIpc) is 2.64. The number of amides is 2. The van der Waals surface area contributed by atoms with Gasteiger partial charge in [-0.15, -0.1) is 0 Å². The second-order valence-electron chi connectivity index (χ2n) is 5.31. The Hall–Kier alpha value is -2.82. The molecule has 0 unspecified atom stereocenters. The summed E-state index contributed by atoms with van der Waals surface area (Å²) in [4.78, 5) is 32.4. The van der Waals surface area contributed by atoms with E-state index < -0.39 is 11.8 Å². The molecule has 0 heterocycles. The van der Waals surface area contributed by atoms with Gasteiger partial charge in [-0.3, -0.25) is 9.59 Å². The first-order chi connectivity index (χ1) is 12.5. The maximum atomic E-state index is 12.2. The van der Waals surface area contributed by atoms with Crippen LogP contribution in [-0.4, -0.2) is 23.2 Å². The number of rotatable bonds is 2. The lowest BCUT2D eigenvalue weighted by molar-refractivity contribution is 0.0994. The minimum absolute atomic E-state index is 0.330. The number of halogens is 2. The lowest BCUT2D eigenvalue weighted by Crippen LogP contribution is -2.07. The van der Waals surface area contributed by atoms with Gasteiger partial charge in [-0.25, -0.2) is 9.98 Å². The second kappa shape index (κ2) is 8.04. The third-order valence-electron chi connectivity index (χ3n) is 3.52. The van der Waals surface area contributed by atoms with Gasteiger partial charge in [0.1, 0.15) is 0 Å². The van der Waals surface area contributed by atoms with Crippen molar-refractivity contribution in [3.8, 4) is 0 Å². The van der Waals surface area contributed by atoms with E-state index in [0.717, 1.165) is 0 Å². The number of aliphatic imine (C=N–C) groups is 2. The Morgan fingerprint density at radius 1 is 0.615 bits per heavy atom. The van der Waals surface area contributed by atoms with Crippen molar-refractivity contribution in [3.05, 3.63) is 94.0 Å². The van der Waals surface area contributed by atoms with Crippen molar-refractivity contribution in [2.75, 3.05) is 0 Å². The van der Waals surface area contributed by atoms with Gasteiger partial charge in [0, 0.05) is 0 Å². The molecule has 0 spiro atoms. The van der Waals surface area contributed by atoms with Crippen molar-refractivity contribution in [1.29, 1.82) is 0 Å². The minimum Gasteiger partial charge on any atom is -0.267 e. The Kier molecular flexibility index (Phi) is 5.56. The molecule has 1 aliphatic rings. The number of hydrogen-bond acceptors (Lipinski definition) is 2. The van der Waals surface area contributed by atoms with Crippen LogP contribution in [0.4, 0.5) is 0 Å². The summed E-state index contributed by atoms with van der Waals surface area (Å²) in [5.74, 6) is -0.875. The van der Waals surface area contributed by atoms with Crippen molar-refractivity contribution in [3.63, 3.8) is 0 Å². The van der Waals surface area contributed by atoms with E-state index in [9.17, 15) is 9.59 Å². The molecule has 3 rings (SSSR count). The van der Waals surface area contributed by atoms with Crippen molar-refractivity contribution in [1.82, 2.24) is 0 Å². The van der Waals surface area contributed by atoms with Gasteiger partial charge in [-0.2, -0.15) is 0 Å². The van der Waals surface area contributed by atoms with Gasteiger partial charge in [0.05, 0.1) is 32.6 Å².